The molecule has 0 aliphatic heterocycles. The molecule has 0 saturated carbocycles. The van der Waals surface area contributed by atoms with Gasteiger partial charge in [0.2, 0.25) is 15.9 Å². The lowest BCUT2D eigenvalue weighted by Gasteiger charge is -2.07. The monoisotopic (exact) mass is 304 g/mol. The third-order valence-corrected chi connectivity index (χ3v) is 4.35. The fourth-order valence-electron chi connectivity index (χ4n) is 1.82. The smallest absolute Gasteiger partial charge is 0.240 e. The molecule has 21 heavy (non-hydrogen) atoms. The first-order valence-electron chi connectivity index (χ1n) is 6.38. The maximum atomic E-state index is 11.9. The quantitative estimate of drug-likeness (QED) is 0.884. The van der Waals surface area contributed by atoms with E-state index in [4.69, 9.17) is 0 Å². The lowest BCUT2D eigenvalue weighted by molar-refractivity contribution is -0.115. The van der Waals surface area contributed by atoms with Crippen LogP contribution in [0.1, 0.15) is 5.56 Å². The molecule has 2 aromatic carbocycles. The van der Waals surface area contributed by atoms with E-state index in [9.17, 15) is 13.2 Å². The second-order valence-electron chi connectivity index (χ2n) is 4.44. The van der Waals surface area contributed by atoms with Gasteiger partial charge in [-0.2, -0.15) is 0 Å². The van der Waals surface area contributed by atoms with Crippen LogP contribution < -0.4 is 10.0 Å². The van der Waals surface area contributed by atoms with Crippen LogP contribution in [0.15, 0.2) is 59.5 Å². The molecule has 2 N–H and O–H groups in total. The number of anilines is 1. The van der Waals surface area contributed by atoms with Crippen LogP contribution >= 0.6 is 0 Å². The standard InChI is InChI=1S/C15H16N2O3S/c1-16-21(19,20)14-9-7-13(8-10-14)17-15(18)11-12-5-3-2-4-6-12/h2-10,16H,11H2,1H3,(H,17,18). The SMILES string of the molecule is CNS(=O)(=O)c1ccc(NC(=O)Cc2ccccc2)cc1. The molecule has 0 saturated heterocycles. The van der Waals surface area contributed by atoms with E-state index < -0.39 is 10.0 Å². The van der Waals surface area contributed by atoms with Crippen molar-refractivity contribution >= 4 is 21.6 Å². The molecule has 2 aromatic rings. The molecular weight excluding hydrogens is 288 g/mol. The second-order valence-corrected chi connectivity index (χ2v) is 6.33. The van der Waals surface area contributed by atoms with Gasteiger partial charge in [-0.15, -0.1) is 0 Å². The Balaban J connectivity index is 2.02. The van der Waals surface area contributed by atoms with Gasteiger partial charge in [0.15, 0.2) is 0 Å². The van der Waals surface area contributed by atoms with Crippen LogP contribution in [0.2, 0.25) is 0 Å². The second kappa shape index (κ2) is 6.51. The molecule has 0 atom stereocenters. The molecule has 0 radical (unpaired) electrons. The lowest BCUT2D eigenvalue weighted by atomic mass is 10.1. The van der Waals surface area contributed by atoms with Crippen molar-refractivity contribution in [1.82, 2.24) is 4.72 Å². The van der Waals surface area contributed by atoms with Gasteiger partial charge in [0.25, 0.3) is 0 Å². The first-order valence-corrected chi connectivity index (χ1v) is 7.87. The fraction of sp³-hybridized carbons (Fsp3) is 0.133. The Bertz CT molecular complexity index is 710. The maximum absolute atomic E-state index is 11.9. The minimum absolute atomic E-state index is 0.148. The molecule has 6 heteroatoms. The van der Waals surface area contributed by atoms with Crippen LogP contribution in [0.25, 0.3) is 0 Å². The zero-order chi connectivity index (χ0) is 15.3. The van der Waals surface area contributed by atoms with Gasteiger partial charge >= 0.3 is 0 Å². The topological polar surface area (TPSA) is 75.3 Å². The van der Waals surface area contributed by atoms with Crippen LogP contribution in [0.5, 0.6) is 0 Å². The molecule has 110 valence electrons. The molecule has 0 heterocycles. The molecular formula is C15H16N2O3S. The van der Waals surface area contributed by atoms with E-state index in [0.717, 1.165) is 5.56 Å². The maximum Gasteiger partial charge on any atom is 0.240 e. The van der Waals surface area contributed by atoms with Crippen LogP contribution in [-0.2, 0) is 21.2 Å². The van der Waals surface area contributed by atoms with Crippen molar-refractivity contribution in [3.8, 4) is 0 Å². The number of amides is 1. The molecule has 0 fully saturated rings. The lowest BCUT2D eigenvalue weighted by Crippen LogP contribution is -2.18. The van der Waals surface area contributed by atoms with Crippen molar-refractivity contribution in [2.75, 3.05) is 12.4 Å². The van der Waals surface area contributed by atoms with Gasteiger partial charge in [0.05, 0.1) is 11.3 Å². The molecule has 0 aliphatic rings. The van der Waals surface area contributed by atoms with Gasteiger partial charge in [-0.05, 0) is 36.9 Å². The Kier molecular flexibility index (Phi) is 4.72. The van der Waals surface area contributed by atoms with E-state index >= 15 is 0 Å². The third-order valence-electron chi connectivity index (χ3n) is 2.92. The third kappa shape index (κ3) is 4.14. The van der Waals surface area contributed by atoms with Gasteiger partial charge in [-0.3, -0.25) is 4.79 Å². The molecule has 5 nitrogen and oxygen atoms in total. The van der Waals surface area contributed by atoms with Crippen molar-refractivity contribution in [2.45, 2.75) is 11.3 Å². The number of nitrogens with one attached hydrogen (secondary N) is 2. The summed E-state index contributed by atoms with van der Waals surface area (Å²) in [6.45, 7) is 0. The van der Waals surface area contributed by atoms with Gasteiger partial charge in [-0.25, -0.2) is 13.1 Å². The Morgan fingerprint density at radius 2 is 1.62 bits per heavy atom. The minimum Gasteiger partial charge on any atom is -0.326 e. The number of rotatable bonds is 5. The highest BCUT2D eigenvalue weighted by Crippen LogP contribution is 2.14. The summed E-state index contributed by atoms with van der Waals surface area (Å²) in [4.78, 5) is 12.0. The Morgan fingerprint density at radius 3 is 2.19 bits per heavy atom. The predicted molar refractivity (Wildman–Crippen MR) is 81.5 cm³/mol. The highest BCUT2D eigenvalue weighted by Gasteiger charge is 2.11. The van der Waals surface area contributed by atoms with Crippen LogP contribution in [0.3, 0.4) is 0 Å². The number of benzene rings is 2. The molecule has 1 amide bonds. The van der Waals surface area contributed by atoms with Crippen molar-refractivity contribution in [3.05, 3.63) is 60.2 Å². The summed E-state index contributed by atoms with van der Waals surface area (Å²) in [5.41, 5.74) is 1.48. The first-order chi connectivity index (χ1) is 10.0. The average molecular weight is 304 g/mol. The molecule has 0 bridgehead atoms. The number of hydrogen-bond donors (Lipinski definition) is 2. The summed E-state index contributed by atoms with van der Waals surface area (Å²) in [5.74, 6) is -0.148. The number of hydrogen-bond acceptors (Lipinski definition) is 3. The fourth-order valence-corrected chi connectivity index (χ4v) is 2.55. The normalized spacial score (nSPS) is 11.1. The molecule has 0 spiro atoms. The van der Waals surface area contributed by atoms with Crippen LogP contribution in [0.4, 0.5) is 5.69 Å². The Hall–Kier alpha value is -2.18. The van der Waals surface area contributed by atoms with E-state index in [-0.39, 0.29) is 17.2 Å². The molecule has 2 rings (SSSR count). The summed E-state index contributed by atoms with van der Waals surface area (Å²) in [6.07, 6.45) is 0.275. The number of sulfonamides is 1. The molecule has 0 aliphatic carbocycles. The summed E-state index contributed by atoms with van der Waals surface area (Å²) >= 11 is 0. The molecule has 0 unspecified atom stereocenters. The van der Waals surface area contributed by atoms with E-state index in [1.807, 2.05) is 30.3 Å². The van der Waals surface area contributed by atoms with Crippen LogP contribution in [0, 0.1) is 0 Å². The zero-order valence-corrected chi connectivity index (χ0v) is 12.4. The van der Waals surface area contributed by atoms with E-state index in [1.54, 1.807) is 12.1 Å². The Morgan fingerprint density at radius 1 is 1.00 bits per heavy atom. The van der Waals surface area contributed by atoms with Gasteiger partial charge in [0, 0.05) is 5.69 Å². The number of carbonyl (C=O) groups excluding carboxylic acids is 1. The Labute approximate surface area is 124 Å². The minimum atomic E-state index is -3.45. The summed E-state index contributed by atoms with van der Waals surface area (Å²) in [7, 11) is -2.10. The highest BCUT2D eigenvalue weighted by molar-refractivity contribution is 7.89. The highest BCUT2D eigenvalue weighted by atomic mass is 32.2. The van der Waals surface area contributed by atoms with Gasteiger partial charge in [0.1, 0.15) is 0 Å². The van der Waals surface area contributed by atoms with Crippen molar-refractivity contribution in [1.29, 1.82) is 0 Å². The predicted octanol–water partition coefficient (Wildman–Crippen LogP) is 1.78. The van der Waals surface area contributed by atoms with Gasteiger partial charge in [-0.1, -0.05) is 30.3 Å². The summed E-state index contributed by atoms with van der Waals surface area (Å²) in [5, 5.41) is 2.73. The largest absolute Gasteiger partial charge is 0.326 e. The van der Waals surface area contributed by atoms with Crippen molar-refractivity contribution in [2.24, 2.45) is 0 Å². The molecule has 0 aromatic heterocycles. The summed E-state index contributed by atoms with van der Waals surface area (Å²) in [6, 6.07) is 15.4. The van der Waals surface area contributed by atoms with Crippen molar-refractivity contribution < 1.29 is 13.2 Å². The van der Waals surface area contributed by atoms with E-state index in [1.165, 1.54) is 19.2 Å². The van der Waals surface area contributed by atoms with Crippen LogP contribution in [-0.4, -0.2) is 21.4 Å². The van der Waals surface area contributed by atoms with E-state index in [0.29, 0.717) is 5.69 Å². The van der Waals surface area contributed by atoms with Gasteiger partial charge < -0.3 is 5.32 Å². The average Bonchev–Trinajstić information content (AvgIpc) is 2.48. The zero-order valence-electron chi connectivity index (χ0n) is 11.5. The number of carbonyl (C=O) groups is 1. The first kappa shape index (κ1) is 15.2. The van der Waals surface area contributed by atoms with E-state index in [2.05, 4.69) is 10.0 Å². The summed E-state index contributed by atoms with van der Waals surface area (Å²) < 4.78 is 25.4. The van der Waals surface area contributed by atoms with Crippen molar-refractivity contribution in [3.63, 3.8) is 0 Å².